The smallest absolute Gasteiger partial charge is 0.411 e. The molecule has 0 aromatic heterocycles. The van der Waals surface area contributed by atoms with Crippen LogP contribution in [0.25, 0.3) is 0 Å². The van der Waals surface area contributed by atoms with Crippen LogP contribution in [0.2, 0.25) is 0 Å². The first-order valence-corrected chi connectivity index (χ1v) is 10.5. The number of anilines is 2. The Bertz CT molecular complexity index is 792. The fourth-order valence-electron chi connectivity index (χ4n) is 3.49. The Balaban J connectivity index is 1.39. The minimum absolute atomic E-state index is 0.325. The molecule has 7 nitrogen and oxygen atoms in total. The van der Waals surface area contributed by atoms with Gasteiger partial charge in [0, 0.05) is 50.2 Å². The van der Waals surface area contributed by atoms with Gasteiger partial charge in [0.05, 0.1) is 20.3 Å². The first kappa shape index (κ1) is 21.8. The highest BCUT2D eigenvalue weighted by Crippen LogP contribution is 2.30. The number of carbonyl (C=O) groups excluding carboxylic acids is 1. The lowest BCUT2D eigenvalue weighted by molar-refractivity contribution is 0.168. The quantitative estimate of drug-likeness (QED) is 0.630. The minimum Gasteiger partial charge on any atom is -0.493 e. The van der Waals surface area contributed by atoms with Gasteiger partial charge in [-0.2, -0.15) is 0 Å². The van der Waals surface area contributed by atoms with E-state index < -0.39 is 6.09 Å². The van der Waals surface area contributed by atoms with Gasteiger partial charge >= 0.3 is 6.09 Å². The van der Waals surface area contributed by atoms with Crippen molar-refractivity contribution in [3.63, 3.8) is 0 Å². The molecule has 1 fully saturated rings. The number of hydrogen-bond acceptors (Lipinski definition) is 6. The normalized spacial score (nSPS) is 14.3. The summed E-state index contributed by atoms with van der Waals surface area (Å²) in [5.74, 6) is 1.25. The maximum atomic E-state index is 11.5. The van der Waals surface area contributed by atoms with Crippen molar-refractivity contribution >= 4 is 17.5 Å². The third-order valence-electron chi connectivity index (χ3n) is 5.06. The Labute approximate surface area is 178 Å². The molecule has 1 amide bonds. The number of rotatable bonds is 9. The number of hydrogen-bond donors (Lipinski definition) is 1. The highest BCUT2D eigenvalue weighted by molar-refractivity contribution is 5.85. The lowest BCUT2D eigenvalue weighted by Crippen LogP contribution is -2.46. The van der Waals surface area contributed by atoms with Crippen LogP contribution < -0.4 is 19.7 Å². The number of amides is 1. The van der Waals surface area contributed by atoms with Gasteiger partial charge in [-0.25, -0.2) is 4.79 Å². The summed E-state index contributed by atoms with van der Waals surface area (Å²) in [5, 5.41) is 2.66. The van der Waals surface area contributed by atoms with E-state index in [2.05, 4.69) is 45.4 Å². The van der Waals surface area contributed by atoms with Gasteiger partial charge in [-0.3, -0.25) is 10.2 Å². The molecule has 162 valence electrons. The van der Waals surface area contributed by atoms with Crippen LogP contribution in [-0.4, -0.2) is 64.0 Å². The Hall–Kier alpha value is -2.93. The molecule has 1 aliphatic rings. The molecule has 0 aliphatic carbocycles. The van der Waals surface area contributed by atoms with Crippen molar-refractivity contribution in [1.82, 2.24) is 4.90 Å². The Morgan fingerprint density at radius 3 is 2.50 bits per heavy atom. The molecular weight excluding hydrogens is 382 g/mol. The summed E-state index contributed by atoms with van der Waals surface area (Å²) in [5.41, 5.74) is 1.91. The largest absolute Gasteiger partial charge is 0.493 e. The summed E-state index contributed by atoms with van der Waals surface area (Å²) in [6, 6.07) is 15.9. The van der Waals surface area contributed by atoms with Gasteiger partial charge in [-0.1, -0.05) is 18.2 Å². The van der Waals surface area contributed by atoms with Crippen molar-refractivity contribution in [2.24, 2.45) is 0 Å². The number of para-hydroxylation sites is 1. The average molecular weight is 414 g/mol. The zero-order chi connectivity index (χ0) is 21.2. The lowest BCUT2D eigenvalue weighted by atomic mass is 10.2. The van der Waals surface area contributed by atoms with Gasteiger partial charge < -0.3 is 19.1 Å². The minimum atomic E-state index is -0.486. The van der Waals surface area contributed by atoms with Crippen LogP contribution in [0.1, 0.15) is 13.3 Å². The monoisotopic (exact) mass is 413 g/mol. The van der Waals surface area contributed by atoms with Crippen LogP contribution in [0.15, 0.2) is 48.5 Å². The molecule has 2 aromatic carbocycles. The van der Waals surface area contributed by atoms with E-state index in [1.165, 1.54) is 5.69 Å². The van der Waals surface area contributed by atoms with E-state index in [9.17, 15) is 4.79 Å². The zero-order valence-corrected chi connectivity index (χ0v) is 17.8. The standard InChI is InChI=1S/C23H31N3O4/c1-3-29-23(27)24-19-10-11-21(22(18-19)28-2)30-17-7-12-25-13-15-26(16-14-25)20-8-5-4-6-9-20/h4-6,8-11,18H,3,7,12-17H2,1-2H3,(H,24,27). The number of nitrogens with zero attached hydrogens (tertiary/aromatic N) is 2. The highest BCUT2D eigenvalue weighted by Gasteiger charge is 2.16. The third kappa shape index (κ3) is 6.29. The van der Waals surface area contributed by atoms with Crippen LogP contribution in [0.4, 0.5) is 16.2 Å². The number of nitrogens with one attached hydrogen (secondary N) is 1. The first-order valence-electron chi connectivity index (χ1n) is 10.5. The molecule has 0 unspecified atom stereocenters. The summed E-state index contributed by atoms with van der Waals surface area (Å²) in [7, 11) is 1.59. The van der Waals surface area contributed by atoms with Crippen molar-refractivity contribution in [1.29, 1.82) is 0 Å². The molecule has 0 bridgehead atoms. The van der Waals surface area contributed by atoms with Gasteiger partial charge in [0.1, 0.15) is 0 Å². The van der Waals surface area contributed by atoms with E-state index in [1.807, 2.05) is 0 Å². The Morgan fingerprint density at radius 1 is 1.03 bits per heavy atom. The summed E-state index contributed by atoms with van der Waals surface area (Å²) in [6.45, 7) is 7.93. The molecule has 3 rings (SSSR count). The number of carbonyl (C=O) groups is 1. The van der Waals surface area contributed by atoms with Crippen molar-refractivity contribution in [3.8, 4) is 11.5 Å². The number of ether oxygens (including phenoxy) is 3. The van der Waals surface area contributed by atoms with E-state index >= 15 is 0 Å². The topological polar surface area (TPSA) is 63.3 Å². The maximum absolute atomic E-state index is 11.5. The van der Waals surface area contributed by atoms with Gasteiger partial charge in [-0.15, -0.1) is 0 Å². The predicted octanol–water partition coefficient (Wildman–Crippen LogP) is 3.85. The maximum Gasteiger partial charge on any atom is 0.411 e. The summed E-state index contributed by atoms with van der Waals surface area (Å²) < 4.78 is 16.2. The zero-order valence-electron chi connectivity index (χ0n) is 17.8. The second-order valence-electron chi connectivity index (χ2n) is 7.08. The highest BCUT2D eigenvalue weighted by atomic mass is 16.5. The first-order chi connectivity index (χ1) is 14.7. The molecule has 7 heteroatoms. The molecule has 1 saturated heterocycles. The van der Waals surface area contributed by atoms with Crippen LogP contribution in [0.5, 0.6) is 11.5 Å². The van der Waals surface area contributed by atoms with Gasteiger partial charge in [0.15, 0.2) is 11.5 Å². The van der Waals surface area contributed by atoms with Crippen molar-refractivity contribution in [2.75, 3.05) is 63.3 Å². The number of methoxy groups -OCH3 is 1. The molecule has 1 aliphatic heterocycles. The Kier molecular flexibility index (Phi) is 8.20. The van der Waals surface area contributed by atoms with Crippen LogP contribution >= 0.6 is 0 Å². The van der Waals surface area contributed by atoms with Crippen LogP contribution in [0.3, 0.4) is 0 Å². The van der Waals surface area contributed by atoms with E-state index in [4.69, 9.17) is 14.2 Å². The fourth-order valence-corrected chi connectivity index (χ4v) is 3.49. The lowest BCUT2D eigenvalue weighted by Gasteiger charge is -2.36. The molecular formula is C23H31N3O4. The molecule has 0 spiro atoms. The van der Waals surface area contributed by atoms with Gasteiger partial charge in [0.2, 0.25) is 0 Å². The summed E-state index contributed by atoms with van der Waals surface area (Å²) in [6.07, 6.45) is 0.456. The molecule has 0 radical (unpaired) electrons. The van der Waals surface area contributed by atoms with E-state index in [0.29, 0.717) is 30.4 Å². The summed E-state index contributed by atoms with van der Waals surface area (Å²) >= 11 is 0. The summed E-state index contributed by atoms with van der Waals surface area (Å²) in [4.78, 5) is 16.5. The van der Waals surface area contributed by atoms with Gasteiger partial charge in [-0.05, 0) is 37.6 Å². The second kappa shape index (κ2) is 11.3. The van der Waals surface area contributed by atoms with Crippen molar-refractivity contribution in [2.45, 2.75) is 13.3 Å². The molecule has 2 aromatic rings. The number of benzene rings is 2. The van der Waals surface area contributed by atoms with E-state index in [-0.39, 0.29) is 0 Å². The molecule has 30 heavy (non-hydrogen) atoms. The Morgan fingerprint density at radius 2 is 1.80 bits per heavy atom. The van der Waals surface area contributed by atoms with E-state index in [1.54, 1.807) is 32.2 Å². The average Bonchev–Trinajstić information content (AvgIpc) is 2.78. The molecule has 1 N–H and O–H groups in total. The van der Waals surface area contributed by atoms with Crippen molar-refractivity contribution in [3.05, 3.63) is 48.5 Å². The van der Waals surface area contributed by atoms with Gasteiger partial charge in [0.25, 0.3) is 0 Å². The SMILES string of the molecule is CCOC(=O)Nc1ccc(OCCCN2CCN(c3ccccc3)CC2)c(OC)c1. The van der Waals surface area contributed by atoms with Crippen molar-refractivity contribution < 1.29 is 19.0 Å². The molecule has 0 atom stereocenters. The molecule has 1 heterocycles. The molecule has 0 saturated carbocycles. The fraction of sp³-hybridized carbons (Fsp3) is 0.435. The van der Waals surface area contributed by atoms with E-state index in [0.717, 1.165) is 39.1 Å². The van der Waals surface area contributed by atoms with Crippen LogP contribution in [0, 0.1) is 0 Å². The number of piperazine rings is 1. The van der Waals surface area contributed by atoms with Crippen LogP contribution in [-0.2, 0) is 4.74 Å². The predicted molar refractivity (Wildman–Crippen MR) is 119 cm³/mol. The second-order valence-corrected chi connectivity index (χ2v) is 7.08. The third-order valence-corrected chi connectivity index (χ3v) is 5.06.